The molecule has 1 fully saturated rings. The summed E-state index contributed by atoms with van der Waals surface area (Å²) < 4.78 is 7.95. The fourth-order valence-electron chi connectivity index (χ4n) is 3.34. The number of nitrogens with zero attached hydrogens (tertiary/aromatic N) is 2. The third-order valence-corrected chi connectivity index (χ3v) is 6.75. The van der Waals surface area contributed by atoms with Crippen LogP contribution in [0, 0.1) is 3.57 Å². The van der Waals surface area contributed by atoms with Crippen LogP contribution in [0.3, 0.4) is 0 Å². The molecule has 1 aromatic carbocycles. The minimum Gasteiger partial charge on any atom is -0.380 e. The number of halogens is 3. The largest absolute Gasteiger partial charge is 0.380 e. The van der Waals surface area contributed by atoms with Crippen LogP contribution in [0.15, 0.2) is 28.2 Å². The van der Waals surface area contributed by atoms with Gasteiger partial charge >= 0.3 is 0 Å². The van der Waals surface area contributed by atoms with E-state index >= 15 is 0 Å². The zero-order chi connectivity index (χ0) is 18.7. The van der Waals surface area contributed by atoms with Crippen LogP contribution in [-0.2, 0) is 16.1 Å². The Kier molecular flexibility index (Phi) is 11.1. The van der Waals surface area contributed by atoms with E-state index < -0.39 is 0 Å². The number of rotatable bonds is 6. The molecule has 0 aliphatic carbocycles. The van der Waals surface area contributed by atoms with E-state index in [0.717, 1.165) is 27.9 Å². The van der Waals surface area contributed by atoms with Gasteiger partial charge in [0.2, 0.25) is 0 Å². The molecule has 156 valence electrons. The fourth-order valence-corrected chi connectivity index (χ4v) is 4.94. The predicted molar refractivity (Wildman–Crippen MR) is 133 cm³/mol. The van der Waals surface area contributed by atoms with Crippen molar-refractivity contribution in [3.8, 4) is 0 Å². The van der Waals surface area contributed by atoms with E-state index in [0.29, 0.717) is 17.3 Å². The molecule has 0 amide bonds. The van der Waals surface area contributed by atoms with E-state index in [1.54, 1.807) is 18.9 Å². The van der Waals surface area contributed by atoms with E-state index in [2.05, 4.69) is 32.9 Å². The molecule has 6 nitrogen and oxygen atoms in total. The summed E-state index contributed by atoms with van der Waals surface area (Å²) in [5.74, 6) is 0.00491. The zero-order valence-corrected chi connectivity index (χ0v) is 22.0. The van der Waals surface area contributed by atoms with Gasteiger partial charge in [-0.25, -0.2) is 4.98 Å². The van der Waals surface area contributed by atoms with Gasteiger partial charge < -0.3 is 10.1 Å². The molecule has 1 aliphatic rings. The van der Waals surface area contributed by atoms with Gasteiger partial charge in [0.25, 0.3) is 5.56 Å². The van der Waals surface area contributed by atoms with Gasteiger partial charge in [-0.3, -0.25) is 14.2 Å². The number of ketones is 1. The van der Waals surface area contributed by atoms with Gasteiger partial charge in [0.05, 0.1) is 29.9 Å². The number of nitrogens with one attached hydrogen (secondary N) is 1. The first-order valence-corrected chi connectivity index (χ1v) is 10.8. The molecule has 1 aromatic heterocycles. The van der Waals surface area contributed by atoms with Crippen LogP contribution in [0.4, 0.5) is 0 Å². The summed E-state index contributed by atoms with van der Waals surface area (Å²) >= 11 is 3.83. The summed E-state index contributed by atoms with van der Waals surface area (Å²) in [6.45, 7) is 0.933. The number of piperidine rings is 1. The van der Waals surface area contributed by atoms with Crippen molar-refractivity contribution >= 4 is 85.0 Å². The molecule has 2 heterocycles. The van der Waals surface area contributed by atoms with Gasteiger partial charge in [0.1, 0.15) is 0 Å². The van der Waals surface area contributed by atoms with Crippen LogP contribution in [0.25, 0.3) is 10.9 Å². The summed E-state index contributed by atoms with van der Waals surface area (Å²) in [6, 6.07) is 3.78. The average Bonchev–Trinajstić information content (AvgIpc) is 2.64. The van der Waals surface area contributed by atoms with Crippen molar-refractivity contribution in [1.82, 2.24) is 14.9 Å². The maximum Gasteiger partial charge on any atom is 0.261 e. The second-order valence-corrected chi connectivity index (χ2v) is 8.41. The number of thioether (sulfide) groups is 1. The van der Waals surface area contributed by atoms with Gasteiger partial charge in [-0.2, -0.15) is 0 Å². The van der Waals surface area contributed by atoms with Gasteiger partial charge in [0.15, 0.2) is 5.78 Å². The highest BCUT2D eigenvalue weighted by Crippen LogP contribution is 2.25. The summed E-state index contributed by atoms with van der Waals surface area (Å²) in [5, 5.41) is 3.90. The van der Waals surface area contributed by atoms with Gasteiger partial charge in [-0.15, -0.1) is 45.7 Å². The van der Waals surface area contributed by atoms with Crippen LogP contribution in [0.2, 0.25) is 0 Å². The Labute approximate surface area is 203 Å². The van der Waals surface area contributed by atoms with Crippen molar-refractivity contribution in [3.05, 3.63) is 32.4 Å². The first kappa shape index (κ1) is 26.0. The summed E-state index contributed by atoms with van der Waals surface area (Å²) in [6.07, 6.45) is 5.85. The molecule has 28 heavy (non-hydrogen) atoms. The molecule has 2 atom stereocenters. The minimum absolute atomic E-state index is 0. The lowest BCUT2D eigenvalue weighted by molar-refractivity contribution is -0.121. The van der Waals surface area contributed by atoms with Crippen molar-refractivity contribution < 1.29 is 9.53 Å². The number of ether oxygens (including phenoxy) is 1. The normalized spacial score (nSPS) is 19.0. The number of carbonyl (C=O) groups excluding carboxylic acids is 1. The molecular weight excluding hydrogens is 625 g/mol. The number of benzene rings is 1. The molecule has 2 aromatic rings. The molecule has 0 spiro atoms. The van der Waals surface area contributed by atoms with E-state index in [1.165, 1.54) is 10.9 Å². The van der Waals surface area contributed by atoms with Crippen LogP contribution in [-0.4, -0.2) is 47.4 Å². The van der Waals surface area contributed by atoms with E-state index in [4.69, 9.17) is 4.74 Å². The fraction of sp³-hybridized carbons (Fsp3) is 0.500. The first-order chi connectivity index (χ1) is 12.5. The average molecular weight is 649 g/mol. The molecular formula is C18H24Br2IN3O3S. The number of hydrogen-bond acceptors (Lipinski definition) is 6. The number of hydrogen-bond donors (Lipinski definition) is 1. The smallest absolute Gasteiger partial charge is 0.261 e. The minimum atomic E-state index is -0.171. The maximum atomic E-state index is 12.8. The lowest BCUT2D eigenvalue weighted by Gasteiger charge is -2.31. The SMILES string of the molecule is Br.Br.CO[C@@H]1CCCN[C@H]1CC(=O)Cn1cnc2cc(I)c(SC)cc2c1=O. The third kappa shape index (κ3) is 6.00. The van der Waals surface area contributed by atoms with Gasteiger partial charge in [0, 0.05) is 28.0 Å². The molecule has 0 unspecified atom stereocenters. The number of carbonyl (C=O) groups is 1. The predicted octanol–water partition coefficient (Wildman–Crippen LogP) is 3.61. The van der Waals surface area contributed by atoms with Crippen LogP contribution in [0.5, 0.6) is 0 Å². The first-order valence-electron chi connectivity index (χ1n) is 8.54. The van der Waals surface area contributed by atoms with Crippen molar-refractivity contribution in [2.75, 3.05) is 19.9 Å². The van der Waals surface area contributed by atoms with Crippen LogP contribution in [0.1, 0.15) is 19.3 Å². The topological polar surface area (TPSA) is 73.2 Å². The molecule has 1 saturated heterocycles. The van der Waals surface area contributed by atoms with Crippen molar-refractivity contribution in [3.63, 3.8) is 0 Å². The Bertz CT molecular complexity index is 881. The van der Waals surface area contributed by atoms with Gasteiger partial charge in [-0.1, -0.05) is 0 Å². The molecule has 1 aliphatic heterocycles. The Morgan fingerprint density at radius 1 is 1.43 bits per heavy atom. The Morgan fingerprint density at radius 3 is 2.86 bits per heavy atom. The zero-order valence-electron chi connectivity index (χ0n) is 15.6. The number of Topliss-reactive ketones (excluding diaryl/α,β-unsaturated/α-hetero) is 1. The number of methoxy groups -OCH3 is 1. The summed E-state index contributed by atoms with van der Waals surface area (Å²) in [7, 11) is 1.68. The van der Waals surface area contributed by atoms with Crippen LogP contribution >= 0.6 is 68.3 Å². The monoisotopic (exact) mass is 647 g/mol. The Hall–Kier alpha value is -0.0100. The van der Waals surface area contributed by atoms with Crippen molar-refractivity contribution in [1.29, 1.82) is 0 Å². The highest BCUT2D eigenvalue weighted by Gasteiger charge is 2.26. The molecule has 10 heteroatoms. The highest BCUT2D eigenvalue weighted by atomic mass is 127. The van der Waals surface area contributed by atoms with Gasteiger partial charge in [-0.05, 0) is 60.4 Å². The maximum absolute atomic E-state index is 12.8. The lowest BCUT2D eigenvalue weighted by Crippen LogP contribution is -2.47. The highest BCUT2D eigenvalue weighted by molar-refractivity contribution is 14.1. The van der Waals surface area contributed by atoms with E-state index in [-0.39, 0.29) is 64.0 Å². The Morgan fingerprint density at radius 2 is 2.18 bits per heavy atom. The van der Waals surface area contributed by atoms with Crippen molar-refractivity contribution in [2.24, 2.45) is 0 Å². The van der Waals surface area contributed by atoms with E-state index in [1.807, 2.05) is 18.4 Å². The van der Waals surface area contributed by atoms with Crippen LogP contribution < -0.4 is 10.9 Å². The number of fused-ring (bicyclic) bond motifs is 1. The summed E-state index contributed by atoms with van der Waals surface area (Å²) in [4.78, 5) is 30.7. The molecule has 0 saturated carbocycles. The standard InChI is InChI=1S/C18H22IN3O3S.2BrH/c1-25-16-4-3-5-20-15(16)6-11(23)9-22-10-21-14-8-13(19)17(26-2)7-12(14)18(22)24;;/h7-8,10,15-16,20H,3-6,9H2,1-2H3;2*1H/t15-,16+;;/m0../s1. The van der Waals surface area contributed by atoms with E-state index in [9.17, 15) is 9.59 Å². The molecule has 0 radical (unpaired) electrons. The lowest BCUT2D eigenvalue weighted by atomic mass is 9.96. The summed E-state index contributed by atoms with van der Waals surface area (Å²) in [5.41, 5.74) is 0.490. The molecule has 1 N–H and O–H groups in total. The quantitative estimate of drug-likeness (QED) is 0.381. The van der Waals surface area contributed by atoms with Crippen molar-refractivity contribution in [2.45, 2.75) is 42.8 Å². The second-order valence-electron chi connectivity index (χ2n) is 6.40. The third-order valence-electron chi connectivity index (χ3n) is 4.72. The molecule has 0 bridgehead atoms. The Balaban J connectivity index is 0.00000196. The number of aromatic nitrogens is 2. The molecule has 3 rings (SSSR count). The second kappa shape index (κ2) is 12.0.